The summed E-state index contributed by atoms with van der Waals surface area (Å²) in [6.07, 6.45) is -0.225. The summed E-state index contributed by atoms with van der Waals surface area (Å²) in [6, 6.07) is 0. The van der Waals surface area contributed by atoms with Crippen molar-refractivity contribution in [3.8, 4) is 0 Å². The highest BCUT2D eigenvalue weighted by Gasteiger charge is 2.56. The molecule has 0 saturated carbocycles. The average Bonchev–Trinajstić information content (AvgIpc) is 2.61. The van der Waals surface area contributed by atoms with Gasteiger partial charge >= 0.3 is 23.9 Å². The number of ether oxygens (including phenoxy) is 4. The smallest absolute Gasteiger partial charge is 0.312 e. The molecule has 8 nitrogen and oxygen atoms in total. The fraction of sp³-hybridized carbons (Fsp3) is 0.833. The fourth-order valence-electron chi connectivity index (χ4n) is 3.28. The van der Waals surface area contributed by atoms with Crippen molar-refractivity contribution in [2.45, 2.75) is 106 Å². The largest absolute Gasteiger partial charge is 0.466 e. The van der Waals surface area contributed by atoms with E-state index in [-0.39, 0.29) is 38.9 Å². The van der Waals surface area contributed by atoms with E-state index < -0.39 is 45.9 Å². The van der Waals surface area contributed by atoms with Gasteiger partial charge in [-0.2, -0.15) is 0 Å². The second kappa shape index (κ2) is 11.7. The molecule has 0 aliphatic rings. The molecule has 2 unspecified atom stereocenters. The maximum absolute atomic E-state index is 13.1. The predicted octanol–water partition coefficient (Wildman–Crippen LogP) is 4.37. The van der Waals surface area contributed by atoms with E-state index in [4.69, 9.17) is 18.9 Å². The highest BCUT2D eigenvalue weighted by Crippen LogP contribution is 2.48. The van der Waals surface area contributed by atoms with Crippen molar-refractivity contribution in [3.05, 3.63) is 0 Å². The summed E-state index contributed by atoms with van der Waals surface area (Å²) < 4.78 is 21.3. The van der Waals surface area contributed by atoms with Crippen LogP contribution in [0.4, 0.5) is 0 Å². The zero-order valence-electron chi connectivity index (χ0n) is 21.5. The Morgan fingerprint density at radius 1 is 0.562 bits per heavy atom. The third kappa shape index (κ3) is 9.17. The molecule has 0 fully saturated rings. The van der Waals surface area contributed by atoms with E-state index >= 15 is 0 Å². The third-order valence-corrected chi connectivity index (χ3v) is 5.17. The topological polar surface area (TPSA) is 105 Å². The van der Waals surface area contributed by atoms with Gasteiger partial charge < -0.3 is 18.9 Å². The van der Waals surface area contributed by atoms with Gasteiger partial charge in [-0.3, -0.25) is 19.2 Å². The summed E-state index contributed by atoms with van der Waals surface area (Å²) in [5.74, 6) is -2.26. The Kier molecular flexibility index (Phi) is 10.9. The van der Waals surface area contributed by atoms with Crippen molar-refractivity contribution in [2.24, 2.45) is 10.8 Å². The van der Waals surface area contributed by atoms with Crippen LogP contribution in [-0.2, 0) is 38.1 Å². The minimum absolute atomic E-state index is 0.00954. The molecule has 0 amide bonds. The maximum Gasteiger partial charge on any atom is 0.312 e. The standard InChI is InChI=1S/C24H42O8/c1-11-29-19(27)23(9,15-13-17(25)31-21(3,4)5)24(10,20(28)30-12-2)16-14-18(26)32-22(6,7)8/h11-16H2,1-10H3. The lowest BCUT2D eigenvalue weighted by molar-refractivity contribution is -0.182. The van der Waals surface area contributed by atoms with Gasteiger partial charge in [0.2, 0.25) is 0 Å². The van der Waals surface area contributed by atoms with Crippen LogP contribution in [0.25, 0.3) is 0 Å². The van der Waals surface area contributed by atoms with Crippen LogP contribution < -0.4 is 0 Å². The molecule has 0 aromatic carbocycles. The van der Waals surface area contributed by atoms with Gasteiger partial charge in [0.15, 0.2) is 0 Å². The van der Waals surface area contributed by atoms with Crippen molar-refractivity contribution < 1.29 is 38.1 Å². The normalized spacial score (nSPS) is 15.7. The molecule has 0 aromatic rings. The van der Waals surface area contributed by atoms with Crippen LogP contribution in [0.15, 0.2) is 0 Å². The number of hydrogen-bond donors (Lipinski definition) is 0. The van der Waals surface area contributed by atoms with Crippen molar-refractivity contribution in [3.63, 3.8) is 0 Å². The van der Waals surface area contributed by atoms with Gasteiger partial charge in [0.25, 0.3) is 0 Å². The first kappa shape index (κ1) is 29.9. The van der Waals surface area contributed by atoms with Gasteiger partial charge in [-0.15, -0.1) is 0 Å². The predicted molar refractivity (Wildman–Crippen MR) is 120 cm³/mol. The number of esters is 4. The molecule has 2 atom stereocenters. The van der Waals surface area contributed by atoms with Crippen LogP contribution in [0, 0.1) is 10.8 Å². The highest BCUT2D eigenvalue weighted by molar-refractivity contribution is 5.89. The first-order valence-electron chi connectivity index (χ1n) is 11.2. The highest BCUT2D eigenvalue weighted by atomic mass is 16.6. The molecule has 0 N–H and O–H groups in total. The molecular weight excluding hydrogens is 416 g/mol. The van der Waals surface area contributed by atoms with Crippen LogP contribution in [0.1, 0.15) is 94.9 Å². The van der Waals surface area contributed by atoms with E-state index in [2.05, 4.69) is 0 Å². The summed E-state index contributed by atoms with van der Waals surface area (Å²) >= 11 is 0. The third-order valence-electron chi connectivity index (χ3n) is 5.17. The van der Waals surface area contributed by atoms with E-state index in [0.717, 1.165) is 0 Å². The molecule has 0 aliphatic heterocycles. The molecule has 0 heterocycles. The van der Waals surface area contributed by atoms with Crippen molar-refractivity contribution in [2.75, 3.05) is 13.2 Å². The molecule has 0 radical (unpaired) electrons. The number of rotatable bonds is 11. The monoisotopic (exact) mass is 458 g/mol. The Bertz CT molecular complexity index is 612. The van der Waals surface area contributed by atoms with Gasteiger partial charge in [-0.05, 0) is 82.1 Å². The lowest BCUT2D eigenvalue weighted by Gasteiger charge is -2.42. The Labute approximate surface area is 192 Å². The average molecular weight is 459 g/mol. The fourth-order valence-corrected chi connectivity index (χ4v) is 3.28. The first-order chi connectivity index (χ1) is 14.4. The van der Waals surface area contributed by atoms with Crippen LogP contribution in [0.2, 0.25) is 0 Å². The minimum atomic E-state index is -1.44. The van der Waals surface area contributed by atoms with E-state index in [1.54, 1.807) is 69.2 Å². The molecule has 0 saturated heterocycles. The first-order valence-corrected chi connectivity index (χ1v) is 11.2. The van der Waals surface area contributed by atoms with Crippen molar-refractivity contribution >= 4 is 23.9 Å². The van der Waals surface area contributed by atoms with E-state index in [1.807, 2.05) is 0 Å². The van der Waals surface area contributed by atoms with Crippen LogP contribution in [0.5, 0.6) is 0 Å². The Morgan fingerprint density at radius 3 is 1.06 bits per heavy atom. The van der Waals surface area contributed by atoms with Gasteiger partial charge in [0.05, 0.1) is 24.0 Å². The van der Waals surface area contributed by atoms with Crippen LogP contribution in [0.3, 0.4) is 0 Å². The van der Waals surface area contributed by atoms with Gasteiger partial charge in [-0.1, -0.05) is 0 Å². The van der Waals surface area contributed by atoms with Gasteiger partial charge in [0, 0.05) is 12.8 Å². The number of carbonyl (C=O) groups is 4. The SMILES string of the molecule is CCOC(=O)C(C)(CCC(=O)OC(C)(C)C)C(C)(CCC(=O)OC(C)(C)C)C(=O)OCC. The Balaban J connectivity index is 6.01. The zero-order valence-corrected chi connectivity index (χ0v) is 21.5. The van der Waals surface area contributed by atoms with Gasteiger partial charge in [0.1, 0.15) is 11.2 Å². The van der Waals surface area contributed by atoms with E-state index in [1.165, 1.54) is 0 Å². The van der Waals surface area contributed by atoms with Crippen molar-refractivity contribution in [1.82, 2.24) is 0 Å². The molecule has 0 bridgehead atoms. The molecule has 8 heteroatoms. The summed E-state index contributed by atoms with van der Waals surface area (Å²) in [5.41, 5.74) is -4.24. The van der Waals surface area contributed by atoms with E-state index in [0.29, 0.717) is 0 Å². The summed E-state index contributed by atoms with van der Waals surface area (Å²) in [5, 5.41) is 0. The zero-order chi connectivity index (χ0) is 25.4. The Morgan fingerprint density at radius 2 is 0.844 bits per heavy atom. The van der Waals surface area contributed by atoms with Gasteiger partial charge in [-0.25, -0.2) is 0 Å². The Hall–Kier alpha value is -2.12. The molecule has 0 spiro atoms. The molecule has 32 heavy (non-hydrogen) atoms. The van der Waals surface area contributed by atoms with Crippen molar-refractivity contribution in [1.29, 1.82) is 0 Å². The van der Waals surface area contributed by atoms with Crippen LogP contribution >= 0.6 is 0 Å². The number of hydrogen-bond acceptors (Lipinski definition) is 8. The lowest BCUT2D eigenvalue weighted by Crippen LogP contribution is -2.51. The van der Waals surface area contributed by atoms with Crippen LogP contribution in [-0.4, -0.2) is 48.3 Å². The minimum Gasteiger partial charge on any atom is -0.466 e. The molecule has 0 aromatic heterocycles. The number of carbonyl (C=O) groups excluding carboxylic acids is 4. The molecule has 0 aliphatic carbocycles. The molecule has 186 valence electrons. The quantitative estimate of drug-likeness (QED) is 0.332. The maximum atomic E-state index is 13.1. The second-order valence-corrected chi connectivity index (χ2v) is 10.3. The van der Waals surface area contributed by atoms with E-state index in [9.17, 15) is 19.2 Å². The molecule has 0 rings (SSSR count). The lowest BCUT2D eigenvalue weighted by atomic mass is 9.61. The summed E-state index contributed by atoms with van der Waals surface area (Å²) in [4.78, 5) is 50.9. The second-order valence-electron chi connectivity index (χ2n) is 10.3. The summed E-state index contributed by atoms with van der Waals surface area (Å²) in [7, 11) is 0. The molecular formula is C24H42O8. The summed E-state index contributed by atoms with van der Waals surface area (Å²) in [6.45, 7) is 17.2.